The second-order valence-corrected chi connectivity index (χ2v) is 9.07. The molecule has 0 aromatic heterocycles. The van der Waals surface area contributed by atoms with Crippen molar-refractivity contribution in [2.45, 2.75) is 71.4 Å². The van der Waals surface area contributed by atoms with E-state index in [0.717, 1.165) is 13.0 Å². The van der Waals surface area contributed by atoms with Crippen molar-refractivity contribution in [3.05, 3.63) is 47.2 Å². The van der Waals surface area contributed by atoms with E-state index in [-0.39, 0.29) is 27.9 Å². The first kappa shape index (κ1) is 20.2. The van der Waals surface area contributed by atoms with E-state index in [1.54, 1.807) is 0 Å². The summed E-state index contributed by atoms with van der Waals surface area (Å²) in [6, 6.07) is 9.17. The lowest BCUT2D eigenvalue weighted by atomic mass is 9.86. The summed E-state index contributed by atoms with van der Waals surface area (Å²) in [5.41, 5.74) is 4.73. The number of benzene rings is 1. The van der Waals surface area contributed by atoms with E-state index in [2.05, 4.69) is 80.7 Å². The molecule has 1 aromatic rings. The summed E-state index contributed by atoms with van der Waals surface area (Å²) >= 11 is 0. The molecule has 2 aliphatic rings. The van der Waals surface area contributed by atoms with Crippen molar-refractivity contribution in [3.8, 4) is 0 Å². The van der Waals surface area contributed by atoms with Crippen LogP contribution in [0.25, 0.3) is 0 Å². The van der Waals surface area contributed by atoms with Crippen molar-refractivity contribution in [1.82, 2.24) is 4.90 Å². The first-order chi connectivity index (χ1) is 11.3. The van der Waals surface area contributed by atoms with Gasteiger partial charge in [0.1, 0.15) is 0 Å². The fourth-order valence-corrected chi connectivity index (χ4v) is 3.78. The Kier molecular flexibility index (Phi) is 6.19. The molecule has 2 heterocycles. The quantitative estimate of drug-likeness (QED) is 0.695. The Morgan fingerprint density at radius 2 is 1.64 bits per heavy atom. The van der Waals surface area contributed by atoms with Crippen LogP contribution in [-0.4, -0.2) is 34.3 Å². The van der Waals surface area contributed by atoms with Gasteiger partial charge in [0, 0.05) is 44.3 Å². The van der Waals surface area contributed by atoms with Crippen molar-refractivity contribution >= 4 is 6.21 Å². The van der Waals surface area contributed by atoms with E-state index in [1.165, 1.54) is 42.8 Å². The van der Waals surface area contributed by atoms with Gasteiger partial charge >= 0.3 is 0 Å². The minimum absolute atomic E-state index is 0. The number of likely N-dealkylation sites (tertiary alicyclic amines) is 1. The normalized spacial score (nSPS) is 20.0. The van der Waals surface area contributed by atoms with Crippen LogP contribution >= 0.6 is 0 Å². The second-order valence-electron chi connectivity index (χ2n) is 9.07. The molecule has 0 spiro atoms. The molecule has 0 atom stereocenters. The summed E-state index contributed by atoms with van der Waals surface area (Å²) in [5.74, 6) is 0. The average molecular weight is 405 g/mol. The molecular weight excluding hydrogens is 372 g/mol. The zero-order valence-corrected chi connectivity index (χ0v) is 18.1. The molecule has 2 aliphatic heterocycles. The van der Waals surface area contributed by atoms with E-state index in [0.29, 0.717) is 0 Å². The van der Waals surface area contributed by atoms with Crippen molar-refractivity contribution < 1.29 is 21.6 Å². The molecule has 1 fully saturated rings. The lowest BCUT2D eigenvalue weighted by molar-refractivity contribution is -0.612. The fraction of sp³-hybridized carbons (Fsp3) is 0.591. The SMILES string of the molecule is CC(C)(C)c1ccc(C[N+]2=CC=C(N3CCCC3)CC2(C)C)cc1.[Br-]. The van der Waals surface area contributed by atoms with Gasteiger partial charge in [-0.05, 0) is 23.8 Å². The Balaban J connectivity index is 0.00000225. The number of rotatable bonds is 3. The molecule has 0 amide bonds. The van der Waals surface area contributed by atoms with Gasteiger partial charge in [0.2, 0.25) is 0 Å². The van der Waals surface area contributed by atoms with Crippen molar-refractivity contribution in [3.63, 3.8) is 0 Å². The molecule has 138 valence electrons. The van der Waals surface area contributed by atoms with Gasteiger partial charge in [-0.1, -0.05) is 45.0 Å². The molecule has 3 rings (SSSR count). The van der Waals surface area contributed by atoms with Crippen LogP contribution in [0.2, 0.25) is 0 Å². The Labute approximate surface area is 164 Å². The van der Waals surface area contributed by atoms with Crippen LogP contribution in [0.5, 0.6) is 0 Å². The standard InChI is InChI=1S/C22H33N2.BrH/c1-21(2,3)19-10-8-18(9-11-19)17-24-15-12-20(16-22(24,4)5)23-13-6-7-14-23;/h8-12,15H,6-7,13-14,16-17H2,1-5H3;1H/q+1;/p-1. The van der Waals surface area contributed by atoms with Crippen molar-refractivity contribution in [2.24, 2.45) is 0 Å². The Morgan fingerprint density at radius 3 is 2.16 bits per heavy atom. The van der Waals surface area contributed by atoms with E-state index in [1.807, 2.05) is 0 Å². The summed E-state index contributed by atoms with van der Waals surface area (Å²) in [6.07, 6.45) is 8.50. The van der Waals surface area contributed by atoms with Crippen molar-refractivity contribution in [1.29, 1.82) is 0 Å². The molecule has 1 saturated heterocycles. The van der Waals surface area contributed by atoms with Crippen LogP contribution in [0.3, 0.4) is 0 Å². The number of hydrogen-bond acceptors (Lipinski definition) is 1. The molecular formula is C22H33BrN2. The second kappa shape index (κ2) is 7.65. The monoisotopic (exact) mass is 404 g/mol. The summed E-state index contributed by atoms with van der Waals surface area (Å²) < 4.78 is 2.50. The predicted molar refractivity (Wildman–Crippen MR) is 103 cm³/mol. The van der Waals surface area contributed by atoms with Gasteiger partial charge in [0.25, 0.3) is 0 Å². The van der Waals surface area contributed by atoms with Crippen molar-refractivity contribution in [2.75, 3.05) is 13.1 Å². The van der Waals surface area contributed by atoms with E-state index in [4.69, 9.17) is 0 Å². The van der Waals surface area contributed by atoms with Gasteiger partial charge in [-0.15, -0.1) is 0 Å². The van der Waals surface area contributed by atoms with Crippen LogP contribution in [0.15, 0.2) is 36.0 Å². The zero-order valence-electron chi connectivity index (χ0n) is 16.5. The third kappa shape index (κ3) is 4.75. The van der Waals surface area contributed by atoms with Crippen LogP contribution < -0.4 is 17.0 Å². The summed E-state index contributed by atoms with van der Waals surface area (Å²) in [5, 5.41) is 0. The fourth-order valence-electron chi connectivity index (χ4n) is 3.78. The topological polar surface area (TPSA) is 6.25 Å². The van der Waals surface area contributed by atoms with Gasteiger partial charge in [-0.2, -0.15) is 0 Å². The molecule has 0 saturated carbocycles. The van der Waals surface area contributed by atoms with Crippen LogP contribution in [0.4, 0.5) is 0 Å². The highest BCUT2D eigenvalue weighted by molar-refractivity contribution is 5.68. The van der Waals surface area contributed by atoms with E-state index in [9.17, 15) is 0 Å². The third-order valence-electron chi connectivity index (χ3n) is 5.52. The number of allylic oxidation sites excluding steroid dienone is 1. The number of hydrogen-bond donors (Lipinski definition) is 0. The molecule has 25 heavy (non-hydrogen) atoms. The summed E-state index contributed by atoms with van der Waals surface area (Å²) in [7, 11) is 0. The first-order valence-corrected chi connectivity index (χ1v) is 9.41. The molecule has 1 aromatic carbocycles. The maximum absolute atomic E-state index is 2.58. The predicted octanol–water partition coefficient (Wildman–Crippen LogP) is 1.73. The third-order valence-corrected chi connectivity index (χ3v) is 5.52. The Morgan fingerprint density at radius 1 is 1.04 bits per heavy atom. The first-order valence-electron chi connectivity index (χ1n) is 9.41. The summed E-state index contributed by atoms with van der Waals surface area (Å²) in [6.45, 7) is 15.0. The maximum atomic E-state index is 2.58. The van der Waals surface area contributed by atoms with E-state index >= 15 is 0 Å². The highest BCUT2D eigenvalue weighted by Gasteiger charge is 2.35. The highest BCUT2D eigenvalue weighted by Crippen LogP contribution is 2.29. The molecule has 0 N–H and O–H groups in total. The number of nitrogens with zero attached hydrogens (tertiary/aromatic N) is 2. The maximum Gasteiger partial charge on any atom is 0.168 e. The highest BCUT2D eigenvalue weighted by atomic mass is 79.9. The lowest BCUT2D eigenvalue weighted by Gasteiger charge is -2.31. The van der Waals surface area contributed by atoms with Gasteiger partial charge in [0.05, 0.1) is 6.42 Å². The van der Waals surface area contributed by atoms with E-state index < -0.39 is 0 Å². The Bertz CT molecular complexity index is 642. The van der Waals surface area contributed by atoms with Crippen LogP contribution in [0, 0.1) is 0 Å². The largest absolute Gasteiger partial charge is 1.00 e. The van der Waals surface area contributed by atoms with Gasteiger partial charge in [-0.25, -0.2) is 4.58 Å². The van der Waals surface area contributed by atoms with Gasteiger partial charge < -0.3 is 21.9 Å². The molecule has 0 aliphatic carbocycles. The minimum Gasteiger partial charge on any atom is -1.00 e. The van der Waals surface area contributed by atoms with Gasteiger partial charge in [-0.3, -0.25) is 0 Å². The minimum atomic E-state index is 0. The number of halogens is 1. The lowest BCUT2D eigenvalue weighted by Crippen LogP contribution is -3.00. The Hall–Kier alpha value is -1.09. The molecule has 0 unspecified atom stereocenters. The van der Waals surface area contributed by atoms with Crippen LogP contribution in [-0.2, 0) is 12.0 Å². The molecule has 3 heteroatoms. The molecule has 0 radical (unpaired) electrons. The molecule has 0 bridgehead atoms. The van der Waals surface area contributed by atoms with Crippen LogP contribution in [0.1, 0.15) is 65.0 Å². The summed E-state index contributed by atoms with van der Waals surface area (Å²) in [4.78, 5) is 2.58. The zero-order chi connectivity index (χ0) is 17.4. The average Bonchev–Trinajstić information content (AvgIpc) is 3.03. The smallest absolute Gasteiger partial charge is 0.168 e. The molecule has 2 nitrogen and oxygen atoms in total. The van der Waals surface area contributed by atoms with Gasteiger partial charge in [0.15, 0.2) is 18.3 Å².